The largest absolute Gasteiger partial charge is 0.399 e. The van der Waals surface area contributed by atoms with E-state index in [-0.39, 0.29) is 0 Å². The average molecular weight is 326 g/mol. The molecular weight excluding hydrogens is 308 g/mol. The van der Waals surface area contributed by atoms with Crippen molar-refractivity contribution in [1.82, 2.24) is 15.0 Å². The van der Waals surface area contributed by atoms with Crippen molar-refractivity contribution in [2.45, 2.75) is 0 Å². The maximum Gasteiger partial charge on any atom is 0.164 e. The van der Waals surface area contributed by atoms with Crippen LogP contribution in [0.5, 0.6) is 0 Å². The fourth-order valence-electron chi connectivity index (χ4n) is 2.35. The summed E-state index contributed by atoms with van der Waals surface area (Å²) < 4.78 is 0. The molecule has 0 spiro atoms. The average Bonchev–Trinajstić information content (AvgIpc) is 2.67. The van der Waals surface area contributed by atoms with Crippen LogP contribution in [0.4, 0.5) is 0 Å². The molecule has 25 heavy (non-hydrogen) atoms. The van der Waals surface area contributed by atoms with E-state index in [0.717, 1.165) is 11.1 Å². The van der Waals surface area contributed by atoms with E-state index in [1.165, 1.54) is 0 Å². The summed E-state index contributed by atoms with van der Waals surface area (Å²) in [5, 5.41) is 0. The van der Waals surface area contributed by atoms with Gasteiger partial charge in [-0.1, -0.05) is 79.9 Å². The molecule has 2 aromatic carbocycles. The van der Waals surface area contributed by atoms with E-state index in [0.29, 0.717) is 28.7 Å². The molecule has 3 rings (SSSR count). The number of nitrogens with two attached hydrogens (primary N) is 1. The van der Waals surface area contributed by atoms with Crippen LogP contribution in [0.15, 0.2) is 91.7 Å². The lowest BCUT2D eigenvalue weighted by molar-refractivity contribution is 1.04. The SMILES string of the molecule is C=C/C(=C\C(=C)N)c1nc(-c2ccccc2)nc(-c2ccccc2)n1. The van der Waals surface area contributed by atoms with Crippen molar-refractivity contribution in [3.8, 4) is 22.8 Å². The van der Waals surface area contributed by atoms with Crippen molar-refractivity contribution in [3.63, 3.8) is 0 Å². The number of aromatic nitrogens is 3. The van der Waals surface area contributed by atoms with E-state index in [1.54, 1.807) is 12.2 Å². The molecule has 0 aliphatic rings. The molecule has 0 aliphatic heterocycles. The second kappa shape index (κ2) is 7.36. The molecule has 0 saturated carbocycles. The fourth-order valence-corrected chi connectivity index (χ4v) is 2.35. The van der Waals surface area contributed by atoms with E-state index in [9.17, 15) is 0 Å². The smallest absolute Gasteiger partial charge is 0.164 e. The zero-order valence-electron chi connectivity index (χ0n) is 13.8. The van der Waals surface area contributed by atoms with Gasteiger partial charge in [-0.25, -0.2) is 15.0 Å². The van der Waals surface area contributed by atoms with Crippen LogP contribution >= 0.6 is 0 Å². The quantitative estimate of drug-likeness (QED) is 0.712. The molecule has 122 valence electrons. The fraction of sp³-hybridized carbons (Fsp3) is 0. The summed E-state index contributed by atoms with van der Waals surface area (Å²) in [6.45, 7) is 7.54. The highest BCUT2D eigenvalue weighted by atomic mass is 15.0. The predicted octanol–water partition coefficient (Wildman–Crippen LogP) is 4.25. The first-order chi connectivity index (χ1) is 12.2. The Morgan fingerprint density at radius 3 is 1.68 bits per heavy atom. The molecule has 0 amide bonds. The van der Waals surface area contributed by atoms with Crippen LogP contribution in [0.1, 0.15) is 5.82 Å². The number of hydrogen-bond acceptors (Lipinski definition) is 4. The molecule has 3 aromatic rings. The number of nitrogens with zero attached hydrogens (tertiary/aromatic N) is 3. The normalized spacial score (nSPS) is 11.1. The van der Waals surface area contributed by atoms with Crippen molar-refractivity contribution in [2.75, 3.05) is 0 Å². The van der Waals surface area contributed by atoms with Crippen molar-refractivity contribution in [3.05, 3.63) is 97.5 Å². The van der Waals surface area contributed by atoms with E-state index in [1.807, 2.05) is 60.7 Å². The third kappa shape index (κ3) is 3.87. The van der Waals surface area contributed by atoms with Gasteiger partial charge in [0.05, 0.1) is 0 Å². The standard InChI is InChI=1S/C21H18N4/c1-3-16(14-15(2)22)19-23-20(17-10-6-4-7-11-17)25-21(24-19)18-12-8-5-9-13-18/h3-14H,1-2,22H2/b16-14+. The van der Waals surface area contributed by atoms with E-state index in [2.05, 4.69) is 28.1 Å². The zero-order chi connectivity index (χ0) is 17.6. The highest BCUT2D eigenvalue weighted by molar-refractivity contribution is 5.73. The molecule has 1 aromatic heterocycles. The first kappa shape index (κ1) is 16.3. The van der Waals surface area contributed by atoms with Gasteiger partial charge in [-0.15, -0.1) is 0 Å². The molecule has 0 saturated heterocycles. The minimum absolute atomic E-state index is 0.415. The lowest BCUT2D eigenvalue weighted by Gasteiger charge is -2.08. The van der Waals surface area contributed by atoms with E-state index in [4.69, 9.17) is 5.73 Å². The van der Waals surface area contributed by atoms with Gasteiger partial charge in [-0.05, 0) is 6.08 Å². The maximum absolute atomic E-state index is 5.71. The van der Waals surface area contributed by atoms with Crippen LogP contribution in [0.25, 0.3) is 28.3 Å². The summed E-state index contributed by atoms with van der Waals surface area (Å²) in [7, 11) is 0. The molecule has 0 radical (unpaired) electrons. The molecule has 0 unspecified atom stereocenters. The Morgan fingerprint density at radius 1 is 0.800 bits per heavy atom. The Bertz CT molecular complexity index is 871. The molecule has 0 atom stereocenters. The number of rotatable bonds is 5. The van der Waals surface area contributed by atoms with Gasteiger partial charge < -0.3 is 5.73 Å². The molecular formula is C21H18N4. The van der Waals surface area contributed by atoms with Crippen molar-refractivity contribution >= 4 is 5.57 Å². The number of allylic oxidation sites excluding steroid dienone is 3. The van der Waals surface area contributed by atoms with Crippen molar-refractivity contribution in [1.29, 1.82) is 0 Å². The van der Waals surface area contributed by atoms with E-state index < -0.39 is 0 Å². The second-order valence-corrected chi connectivity index (χ2v) is 5.42. The lowest BCUT2D eigenvalue weighted by Crippen LogP contribution is -2.03. The lowest BCUT2D eigenvalue weighted by atomic mass is 10.1. The van der Waals surface area contributed by atoms with Gasteiger partial charge in [0.25, 0.3) is 0 Å². The zero-order valence-corrected chi connectivity index (χ0v) is 13.8. The third-order valence-corrected chi connectivity index (χ3v) is 3.52. The minimum atomic E-state index is 0.415. The van der Waals surface area contributed by atoms with Crippen LogP contribution in [-0.4, -0.2) is 15.0 Å². The summed E-state index contributed by atoms with van der Waals surface area (Å²) in [5.74, 6) is 1.70. The number of benzene rings is 2. The summed E-state index contributed by atoms with van der Waals surface area (Å²) in [4.78, 5) is 13.8. The van der Waals surface area contributed by atoms with Gasteiger partial charge in [0, 0.05) is 22.4 Å². The monoisotopic (exact) mass is 326 g/mol. The van der Waals surface area contributed by atoms with Gasteiger partial charge in [-0.2, -0.15) is 0 Å². The van der Waals surface area contributed by atoms with Crippen LogP contribution in [0.3, 0.4) is 0 Å². The molecule has 2 N–H and O–H groups in total. The first-order valence-corrected chi connectivity index (χ1v) is 7.83. The van der Waals surface area contributed by atoms with Gasteiger partial charge >= 0.3 is 0 Å². The van der Waals surface area contributed by atoms with Gasteiger partial charge in [-0.3, -0.25) is 0 Å². The van der Waals surface area contributed by atoms with Crippen LogP contribution in [0.2, 0.25) is 0 Å². The predicted molar refractivity (Wildman–Crippen MR) is 102 cm³/mol. The van der Waals surface area contributed by atoms with Crippen LogP contribution < -0.4 is 5.73 Å². The Kier molecular flexibility index (Phi) is 4.81. The summed E-state index contributed by atoms with van der Waals surface area (Å²) in [6.07, 6.45) is 3.36. The molecule has 4 nitrogen and oxygen atoms in total. The topological polar surface area (TPSA) is 64.7 Å². The van der Waals surface area contributed by atoms with Gasteiger partial charge in [0.2, 0.25) is 0 Å². The molecule has 0 bridgehead atoms. The third-order valence-electron chi connectivity index (χ3n) is 3.52. The Labute approximate surface area is 147 Å². The Morgan fingerprint density at radius 2 is 1.28 bits per heavy atom. The maximum atomic E-state index is 5.71. The molecule has 0 fully saturated rings. The second-order valence-electron chi connectivity index (χ2n) is 5.42. The highest BCUT2D eigenvalue weighted by Gasteiger charge is 2.12. The Balaban J connectivity index is 2.22. The molecule has 4 heteroatoms. The van der Waals surface area contributed by atoms with Gasteiger partial charge in [0.15, 0.2) is 17.5 Å². The van der Waals surface area contributed by atoms with Crippen LogP contribution in [0, 0.1) is 0 Å². The summed E-state index contributed by atoms with van der Waals surface area (Å²) >= 11 is 0. The molecule has 0 aliphatic carbocycles. The summed E-state index contributed by atoms with van der Waals surface area (Å²) in [5.41, 5.74) is 8.66. The van der Waals surface area contributed by atoms with Crippen molar-refractivity contribution in [2.24, 2.45) is 5.73 Å². The van der Waals surface area contributed by atoms with E-state index >= 15 is 0 Å². The Hall–Kier alpha value is -3.53. The number of hydrogen-bond donors (Lipinski definition) is 1. The molecule has 1 heterocycles. The van der Waals surface area contributed by atoms with Gasteiger partial charge in [0.1, 0.15) is 0 Å². The van der Waals surface area contributed by atoms with Crippen molar-refractivity contribution < 1.29 is 0 Å². The first-order valence-electron chi connectivity index (χ1n) is 7.83. The summed E-state index contributed by atoms with van der Waals surface area (Å²) in [6, 6.07) is 19.6. The minimum Gasteiger partial charge on any atom is -0.399 e. The van der Waals surface area contributed by atoms with Crippen LogP contribution in [-0.2, 0) is 0 Å². The highest BCUT2D eigenvalue weighted by Crippen LogP contribution is 2.23.